The first-order valence-electron chi connectivity index (χ1n) is 14.8. The van der Waals surface area contributed by atoms with Crippen molar-refractivity contribution in [3.05, 3.63) is 63.9 Å². The lowest BCUT2D eigenvalue weighted by atomic mass is 9.57. The standard InChI is InChI=1S/C32H33F3N4O10/c1-38(2)19-11-14(12-37-30(46)48-15-5-7-16(8-6-15)49-32(33,34)35)24(40)21-17(19)9-13-10-18-23(39(3)4)26(42)22(29(36)45)28(44)31(18,47)27(43)20(13)25(21)41/h5-8,11,13,18,23,40-41,44,47H,9-10,12H2,1-4H3,(H2,36,45)(H,37,46). The first-order chi connectivity index (χ1) is 22.8. The van der Waals surface area contributed by atoms with E-state index in [1.807, 2.05) is 0 Å². The molecular formula is C32H33F3N4O10. The zero-order valence-electron chi connectivity index (χ0n) is 26.6. The van der Waals surface area contributed by atoms with Gasteiger partial charge < -0.3 is 45.9 Å². The average Bonchev–Trinajstić information content (AvgIpc) is 2.98. The number of benzene rings is 2. The number of halogens is 3. The Morgan fingerprint density at radius 3 is 2.22 bits per heavy atom. The van der Waals surface area contributed by atoms with Crippen LogP contribution in [-0.4, -0.2) is 95.1 Å². The normalized spacial score (nSPS) is 23.5. The summed E-state index contributed by atoms with van der Waals surface area (Å²) in [6.45, 7) is -0.377. The summed E-state index contributed by atoms with van der Waals surface area (Å²) in [5.74, 6) is -8.48. The molecule has 7 N–H and O–H groups in total. The van der Waals surface area contributed by atoms with Crippen LogP contribution in [0.5, 0.6) is 17.2 Å². The van der Waals surface area contributed by atoms with Crippen molar-refractivity contribution in [3.8, 4) is 17.2 Å². The summed E-state index contributed by atoms with van der Waals surface area (Å²) >= 11 is 0. The van der Waals surface area contributed by atoms with E-state index >= 15 is 0 Å². The van der Waals surface area contributed by atoms with E-state index in [9.17, 15) is 52.8 Å². The van der Waals surface area contributed by atoms with Crippen molar-refractivity contribution < 1.29 is 62.2 Å². The van der Waals surface area contributed by atoms with E-state index in [4.69, 9.17) is 10.5 Å². The number of rotatable bonds is 7. The van der Waals surface area contributed by atoms with Crippen molar-refractivity contribution in [3.63, 3.8) is 0 Å². The monoisotopic (exact) mass is 690 g/mol. The molecule has 0 heterocycles. The van der Waals surface area contributed by atoms with Crippen molar-refractivity contribution in [2.45, 2.75) is 37.4 Å². The highest BCUT2D eigenvalue weighted by Gasteiger charge is 2.64. The zero-order valence-corrected chi connectivity index (χ0v) is 26.6. The predicted molar refractivity (Wildman–Crippen MR) is 165 cm³/mol. The number of carbonyl (C=O) groups is 4. The molecule has 0 radical (unpaired) electrons. The van der Waals surface area contributed by atoms with Crippen LogP contribution in [0.2, 0.25) is 0 Å². The summed E-state index contributed by atoms with van der Waals surface area (Å²) in [7, 11) is 6.37. The number of anilines is 1. The number of aliphatic hydroxyl groups excluding tert-OH is 2. The van der Waals surface area contributed by atoms with Gasteiger partial charge in [0.1, 0.15) is 34.3 Å². The number of ether oxygens (including phenoxy) is 2. The molecule has 17 heteroatoms. The Balaban J connectivity index is 1.49. The first-order valence-corrected chi connectivity index (χ1v) is 14.8. The number of likely N-dealkylation sites (N-methyl/N-ethyl adjacent to an activating group) is 1. The van der Waals surface area contributed by atoms with Crippen LogP contribution < -0.4 is 25.4 Å². The van der Waals surface area contributed by atoms with Crippen molar-refractivity contribution in [2.75, 3.05) is 33.1 Å². The molecule has 0 spiro atoms. The average molecular weight is 691 g/mol. The van der Waals surface area contributed by atoms with Crippen LogP contribution in [0.4, 0.5) is 23.7 Å². The van der Waals surface area contributed by atoms with E-state index in [1.54, 1.807) is 19.0 Å². The number of hydrogen-bond donors (Lipinski definition) is 6. The lowest BCUT2D eigenvalue weighted by Crippen LogP contribution is -2.65. The minimum Gasteiger partial charge on any atom is -0.508 e. The summed E-state index contributed by atoms with van der Waals surface area (Å²) in [4.78, 5) is 55.2. The molecule has 0 saturated heterocycles. The SMILES string of the molecule is CN(C)c1cc(CNC(=O)Oc2ccc(OC(F)(F)F)cc2)c(O)c2c1CC1CC3C(N(C)C)C(=O)C(C(N)=O)=C(O)C3(O)C(=O)C1=C2O. The van der Waals surface area contributed by atoms with Gasteiger partial charge in [-0.15, -0.1) is 13.2 Å². The Bertz CT molecular complexity index is 1820. The van der Waals surface area contributed by atoms with Crippen molar-refractivity contribution >= 4 is 35.0 Å². The highest BCUT2D eigenvalue weighted by molar-refractivity contribution is 6.24. The van der Waals surface area contributed by atoms with Crippen LogP contribution >= 0.6 is 0 Å². The molecule has 4 atom stereocenters. The number of ketones is 2. The lowest BCUT2D eigenvalue weighted by molar-refractivity contribution is -0.274. The van der Waals surface area contributed by atoms with Gasteiger partial charge in [-0.25, -0.2) is 4.79 Å². The quantitative estimate of drug-likeness (QED) is 0.231. The molecular weight excluding hydrogens is 657 g/mol. The molecule has 0 bridgehead atoms. The second-order valence-electron chi connectivity index (χ2n) is 12.4. The summed E-state index contributed by atoms with van der Waals surface area (Å²) in [6, 6.07) is 4.35. The van der Waals surface area contributed by atoms with E-state index in [0.29, 0.717) is 11.3 Å². The number of primary amides is 1. The number of hydrogen-bond acceptors (Lipinski definition) is 12. The molecule has 49 heavy (non-hydrogen) atoms. The molecule has 0 aliphatic heterocycles. The summed E-state index contributed by atoms with van der Waals surface area (Å²) < 4.78 is 46.1. The van der Waals surface area contributed by atoms with Gasteiger partial charge in [-0.1, -0.05) is 0 Å². The van der Waals surface area contributed by atoms with Crippen molar-refractivity contribution in [1.29, 1.82) is 0 Å². The van der Waals surface area contributed by atoms with Crippen LogP contribution in [0, 0.1) is 11.8 Å². The van der Waals surface area contributed by atoms with E-state index < -0.39 is 82.0 Å². The minimum atomic E-state index is -4.90. The number of nitrogens with one attached hydrogen (secondary N) is 1. The largest absolute Gasteiger partial charge is 0.573 e. The summed E-state index contributed by atoms with van der Waals surface area (Å²) in [5.41, 5.74) is 2.09. The molecule has 2 aromatic rings. The van der Waals surface area contributed by atoms with Gasteiger partial charge >= 0.3 is 12.5 Å². The van der Waals surface area contributed by atoms with Gasteiger partial charge in [0.15, 0.2) is 11.4 Å². The lowest BCUT2D eigenvalue weighted by Gasteiger charge is -2.50. The molecule has 5 rings (SSSR count). The molecule has 4 unspecified atom stereocenters. The fraction of sp³-hybridized carbons (Fsp3) is 0.375. The van der Waals surface area contributed by atoms with Crippen molar-refractivity contribution in [2.24, 2.45) is 17.6 Å². The van der Waals surface area contributed by atoms with E-state index in [2.05, 4.69) is 10.1 Å². The van der Waals surface area contributed by atoms with Crippen LogP contribution in [0.1, 0.15) is 23.1 Å². The third kappa shape index (κ3) is 5.99. The second kappa shape index (κ2) is 12.3. The third-order valence-electron chi connectivity index (χ3n) is 8.95. The van der Waals surface area contributed by atoms with Gasteiger partial charge in [0.2, 0.25) is 5.78 Å². The number of nitrogens with zero attached hydrogens (tertiary/aromatic N) is 2. The Labute approximate surface area is 276 Å². The highest BCUT2D eigenvalue weighted by atomic mass is 19.4. The van der Waals surface area contributed by atoms with Crippen LogP contribution in [0.3, 0.4) is 0 Å². The maximum absolute atomic E-state index is 14.1. The van der Waals surface area contributed by atoms with Gasteiger partial charge in [0.25, 0.3) is 5.91 Å². The second-order valence-corrected chi connectivity index (χ2v) is 12.4. The molecule has 1 fully saturated rings. The first kappa shape index (κ1) is 35.0. The number of fused-ring (bicyclic) bond motifs is 3. The van der Waals surface area contributed by atoms with Crippen molar-refractivity contribution in [1.82, 2.24) is 10.2 Å². The zero-order chi connectivity index (χ0) is 36.3. The number of Topliss-reactive ketones (excluding diaryl/α,β-unsaturated/α-hetero) is 2. The Morgan fingerprint density at radius 1 is 1.06 bits per heavy atom. The van der Waals surface area contributed by atoms with Gasteiger partial charge in [0.05, 0.1) is 11.6 Å². The predicted octanol–water partition coefficient (Wildman–Crippen LogP) is 2.22. The number of nitrogens with two attached hydrogens (primary N) is 1. The molecule has 1 saturated carbocycles. The molecule has 262 valence electrons. The maximum Gasteiger partial charge on any atom is 0.573 e. The molecule has 3 aliphatic rings. The smallest absolute Gasteiger partial charge is 0.508 e. The number of carbonyl (C=O) groups excluding carboxylic acids is 4. The number of phenols is 1. The molecule has 2 aromatic carbocycles. The molecule has 0 aromatic heterocycles. The molecule has 14 nitrogen and oxygen atoms in total. The highest BCUT2D eigenvalue weighted by Crippen LogP contribution is 2.54. The fourth-order valence-corrected chi connectivity index (χ4v) is 6.90. The van der Waals surface area contributed by atoms with E-state index in [0.717, 1.165) is 24.3 Å². The number of aliphatic hydroxyl groups is 3. The molecule has 3 aliphatic carbocycles. The van der Waals surface area contributed by atoms with E-state index in [-0.39, 0.29) is 41.8 Å². The number of phenolic OH excluding ortho intramolecular Hbond substituents is 1. The summed E-state index contributed by atoms with van der Waals surface area (Å²) in [6.07, 6.45) is -5.98. The minimum absolute atomic E-state index is 0.0550. The summed E-state index contributed by atoms with van der Waals surface area (Å²) in [5, 5.41) is 48.2. The van der Waals surface area contributed by atoms with Gasteiger partial charge in [-0.05, 0) is 68.8 Å². The Morgan fingerprint density at radius 2 is 1.67 bits per heavy atom. The fourth-order valence-electron chi connectivity index (χ4n) is 6.90. The Hall–Kier alpha value is -5.29. The number of alkyl halides is 3. The topological polar surface area (TPSA) is 212 Å². The van der Waals surface area contributed by atoms with Crippen LogP contribution in [-0.2, 0) is 27.3 Å². The Kier molecular flexibility index (Phi) is 8.80. The third-order valence-corrected chi connectivity index (χ3v) is 8.95. The van der Waals surface area contributed by atoms with Gasteiger partial charge in [-0.2, -0.15) is 0 Å². The number of aromatic hydroxyl groups is 1. The van der Waals surface area contributed by atoms with Crippen LogP contribution in [0.15, 0.2) is 47.2 Å². The van der Waals surface area contributed by atoms with Gasteiger partial charge in [-0.3, -0.25) is 19.3 Å². The molecule has 2 amide bonds. The maximum atomic E-state index is 14.1. The van der Waals surface area contributed by atoms with Gasteiger partial charge in [0, 0.05) is 43.4 Å². The van der Waals surface area contributed by atoms with Crippen LogP contribution in [0.25, 0.3) is 5.76 Å². The van der Waals surface area contributed by atoms with E-state index in [1.165, 1.54) is 25.1 Å². The number of amides is 2.